The monoisotopic (exact) mass is 364 g/mol. The zero-order valence-corrected chi connectivity index (χ0v) is 14.8. The van der Waals surface area contributed by atoms with Crippen molar-refractivity contribution in [3.8, 4) is 5.75 Å². The minimum atomic E-state index is -0.457. The molecule has 0 radical (unpaired) electrons. The second-order valence-electron chi connectivity index (χ2n) is 5.68. The van der Waals surface area contributed by atoms with E-state index in [0.29, 0.717) is 0 Å². The molecule has 0 unspecified atom stereocenters. The van der Waals surface area contributed by atoms with Crippen LogP contribution in [0.2, 0.25) is 0 Å². The van der Waals surface area contributed by atoms with Crippen molar-refractivity contribution in [1.82, 2.24) is 24.6 Å². The Morgan fingerprint density at radius 1 is 1.27 bits per heavy atom. The molecule has 26 heavy (non-hydrogen) atoms. The minimum absolute atomic E-state index is 0.0299. The summed E-state index contributed by atoms with van der Waals surface area (Å²) in [6, 6.07) is 5.60. The van der Waals surface area contributed by atoms with Crippen molar-refractivity contribution in [1.29, 1.82) is 0 Å². The van der Waals surface area contributed by atoms with E-state index in [2.05, 4.69) is 15.4 Å². The van der Waals surface area contributed by atoms with E-state index in [1.165, 1.54) is 32.9 Å². The molecule has 2 aromatic rings. The molecule has 0 aliphatic heterocycles. The molecular formula is C16H21FN6O3. The van der Waals surface area contributed by atoms with Gasteiger partial charge in [0.1, 0.15) is 19.5 Å². The largest absolute Gasteiger partial charge is 0.489 e. The molecule has 0 saturated heterocycles. The molecule has 0 atom stereocenters. The lowest BCUT2D eigenvalue weighted by molar-refractivity contribution is -0.129. The first kappa shape index (κ1) is 19.2. The number of nitrogens with one attached hydrogen (secondary N) is 1. The van der Waals surface area contributed by atoms with Gasteiger partial charge in [-0.2, -0.15) is 0 Å². The molecule has 0 bridgehead atoms. The predicted molar refractivity (Wildman–Crippen MR) is 92.3 cm³/mol. The molecule has 1 aromatic carbocycles. The van der Waals surface area contributed by atoms with Crippen molar-refractivity contribution < 1.29 is 18.7 Å². The first-order valence-corrected chi connectivity index (χ1v) is 7.86. The highest BCUT2D eigenvalue weighted by Crippen LogP contribution is 2.15. The number of rotatable bonds is 7. The van der Waals surface area contributed by atoms with E-state index in [0.717, 1.165) is 0 Å². The third-order valence-corrected chi connectivity index (χ3v) is 3.42. The summed E-state index contributed by atoms with van der Waals surface area (Å²) in [4.78, 5) is 30.4. The van der Waals surface area contributed by atoms with Crippen LogP contribution in [-0.2, 0) is 11.3 Å². The maximum Gasteiger partial charge on any atom is 0.324 e. The summed E-state index contributed by atoms with van der Waals surface area (Å²) < 4.78 is 20.1. The van der Waals surface area contributed by atoms with Crippen LogP contribution in [0.1, 0.15) is 0 Å². The van der Waals surface area contributed by atoms with Gasteiger partial charge in [-0.15, -0.1) is 5.10 Å². The number of para-hydroxylation sites is 1. The second kappa shape index (κ2) is 8.79. The highest BCUT2D eigenvalue weighted by molar-refractivity contribution is 5.87. The summed E-state index contributed by atoms with van der Waals surface area (Å²) in [6.45, 7) is 0.395. The van der Waals surface area contributed by atoms with Crippen molar-refractivity contribution >= 4 is 17.9 Å². The van der Waals surface area contributed by atoms with Gasteiger partial charge in [-0.05, 0) is 12.1 Å². The molecule has 0 aliphatic carbocycles. The van der Waals surface area contributed by atoms with E-state index in [9.17, 15) is 14.0 Å². The van der Waals surface area contributed by atoms with E-state index in [1.54, 1.807) is 33.3 Å². The van der Waals surface area contributed by atoms with Crippen LogP contribution in [0.5, 0.6) is 5.75 Å². The number of urea groups is 1. The Morgan fingerprint density at radius 2 is 2.00 bits per heavy atom. The number of ether oxygens (including phenoxy) is 1. The Hall–Kier alpha value is -3.17. The molecular weight excluding hydrogens is 343 g/mol. The Balaban J connectivity index is 1.79. The van der Waals surface area contributed by atoms with Gasteiger partial charge in [-0.1, -0.05) is 12.1 Å². The SMILES string of the molecule is CN(C)C(=O)Cn1cnc(NC(=O)N(C)CCOc2ccccc2F)n1. The van der Waals surface area contributed by atoms with Crippen LogP contribution >= 0.6 is 0 Å². The van der Waals surface area contributed by atoms with Crippen molar-refractivity contribution in [3.63, 3.8) is 0 Å². The van der Waals surface area contributed by atoms with E-state index < -0.39 is 11.8 Å². The average Bonchev–Trinajstić information content (AvgIpc) is 3.03. The number of halogens is 1. The van der Waals surface area contributed by atoms with Gasteiger partial charge in [0.25, 0.3) is 0 Å². The summed E-state index contributed by atoms with van der Waals surface area (Å²) in [5.74, 6) is -0.382. The number of hydrogen-bond acceptors (Lipinski definition) is 5. The molecule has 140 valence electrons. The number of benzene rings is 1. The fourth-order valence-electron chi connectivity index (χ4n) is 1.86. The van der Waals surface area contributed by atoms with Gasteiger partial charge in [-0.3, -0.25) is 10.1 Å². The van der Waals surface area contributed by atoms with Crippen LogP contribution in [0.25, 0.3) is 0 Å². The second-order valence-corrected chi connectivity index (χ2v) is 5.68. The van der Waals surface area contributed by atoms with Crippen LogP contribution in [0.3, 0.4) is 0 Å². The zero-order chi connectivity index (χ0) is 19.1. The van der Waals surface area contributed by atoms with Gasteiger partial charge in [0.2, 0.25) is 11.9 Å². The summed E-state index contributed by atoms with van der Waals surface area (Å²) in [5, 5.41) is 6.53. The number of aromatic nitrogens is 3. The van der Waals surface area contributed by atoms with Gasteiger partial charge >= 0.3 is 6.03 Å². The van der Waals surface area contributed by atoms with E-state index in [4.69, 9.17) is 4.74 Å². The molecule has 0 spiro atoms. The average molecular weight is 364 g/mol. The smallest absolute Gasteiger partial charge is 0.324 e. The van der Waals surface area contributed by atoms with Gasteiger partial charge in [0, 0.05) is 21.1 Å². The van der Waals surface area contributed by atoms with Gasteiger partial charge in [0.05, 0.1) is 6.54 Å². The molecule has 1 aromatic heterocycles. The van der Waals surface area contributed by atoms with Crippen molar-refractivity contribution in [3.05, 3.63) is 36.4 Å². The number of carbonyl (C=O) groups is 2. The predicted octanol–water partition coefficient (Wildman–Crippen LogP) is 1.05. The number of anilines is 1. The van der Waals surface area contributed by atoms with Crippen molar-refractivity contribution in [2.45, 2.75) is 6.54 Å². The molecule has 0 fully saturated rings. The lowest BCUT2D eigenvalue weighted by Gasteiger charge is -2.17. The molecule has 0 aliphatic rings. The van der Waals surface area contributed by atoms with Gasteiger partial charge in [-0.25, -0.2) is 18.9 Å². The van der Waals surface area contributed by atoms with E-state index >= 15 is 0 Å². The maximum atomic E-state index is 13.4. The highest BCUT2D eigenvalue weighted by atomic mass is 19.1. The standard InChI is InChI=1S/C16H21FN6O3/c1-21(2)14(24)10-23-11-18-15(20-23)19-16(25)22(3)8-9-26-13-7-5-4-6-12(13)17/h4-7,11H,8-10H2,1-3H3,(H,19,20,25). The molecule has 2 rings (SSSR count). The maximum absolute atomic E-state index is 13.4. The fraction of sp³-hybridized carbons (Fsp3) is 0.375. The van der Waals surface area contributed by atoms with Crippen molar-refractivity contribution in [2.75, 3.05) is 39.6 Å². The lowest BCUT2D eigenvalue weighted by atomic mass is 10.3. The number of likely N-dealkylation sites (N-methyl/N-ethyl adjacent to an activating group) is 2. The number of nitrogens with zero attached hydrogens (tertiary/aromatic N) is 5. The Labute approximate surface area is 150 Å². The van der Waals surface area contributed by atoms with Crippen LogP contribution < -0.4 is 10.1 Å². The number of amides is 3. The minimum Gasteiger partial charge on any atom is -0.489 e. The Kier molecular flexibility index (Phi) is 6.48. The molecule has 3 amide bonds. The number of carbonyl (C=O) groups excluding carboxylic acids is 2. The molecule has 9 nitrogen and oxygen atoms in total. The normalized spacial score (nSPS) is 10.3. The van der Waals surface area contributed by atoms with Gasteiger partial charge < -0.3 is 14.5 Å². The zero-order valence-electron chi connectivity index (χ0n) is 14.8. The highest BCUT2D eigenvalue weighted by Gasteiger charge is 2.13. The van der Waals surface area contributed by atoms with Crippen LogP contribution in [-0.4, -0.2) is 70.8 Å². The van der Waals surface area contributed by atoms with Crippen LogP contribution in [0.4, 0.5) is 15.1 Å². The van der Waals surface area contributed by atoms with E-state index in [-0.39, 0.29) is 37.3 Å². The molecule has 0 saturated carbocycles. The molecule has 1 N–H and O–H groups in total. The summed E-state index contributed by atoms with van der Waals surface area (Å²) in [7, 11) is 4.84. The Morgan fingerprint density at radius 3 is 2.69 bits per heavy atom. The fourth-order valence-corrected chi connectivity index (χ4v) is 1.86. The quantitative estimate of drug-likeness (QED) is 0.793. The van der Waals surface area contributed by atoms with Crippen LogP contribution in [0, 0.1) is 5.82 Å². The summed E-state index contributed by atoms with van der Waals surface area (Å²) in [5.41, 5.74) is 0. The molecule has 10 heteroatoms. The van der Waals surface area contributed by atoms with Crippen LogP contribution in [0.15, 0.2) is 30.6 Å². The number of hydrogen-bond donors (Lipinski definition) is 1. The van der Waals surface area contributed by atoms with E-state index in [1.807, 2.05) is 0 Å². The first-order valence-electron chi connectivity index (χ1n) is 7.86. The summed E-state index contributed by atoms with van der Waals surface area (Å²) in [6.07, 6.45) is 1.36. The third kappa shape index (κ3) is 5.43. The topological polar surface area (TPSA) is 92.6 Å². The molecule has 1 heterocycles. The lowest BCUT2D eigenvalue weighted by Crippen LogP contribution is -2.35. The summed E-state index contributed by atoms with van der Waals surface area (Å²) >= 11 is 0. The first-order chi connectivity index (χ1) is 12.4. The Bertz CT molecular complexity index is 764. The third-order valence-electron chi connectivity index (χ3n) is 3.42. The van der Waals surface area contributed by atoms with Crippen molar-refractivity contribution in [2.24, 2.45) is 0 Å². The van der Waals surface area contributed by atoms with Gasteiger partial charge in [0.15, 0.2) is 11.6 Å².